The maximum atomic E-state index is 12.9. The van der Waals surface area contributed by atoms with Crippen LogP contribution in [0.15, 0.2) is 30.3 Å². The van der Waals surface area contributed by atoms with Gasteiger partial charge in [-0.15, -0.1) is 0 Å². The van der Waals surface area contributed by atoms with Gasteiger partial charge in [-0.05, 0) is 63.4 Å². The maximum Gasteiger partial charge on any atom is 0.248 e. The summed E-state index contributed by atoms with van der Waals surface area (Å²) in [5.41, 5.74) is 4.77. The molecule has 0 aliphatic heterocycles. The van der Waals surface area contributed by atoms with Gasteiger partial charge in [0.25, 0.3) is 0 Å². The van der Waals surface area contributed by atoms with Crippen LogP contribution in [-0.4, -0.2) is 26.6 Å². The third kappa shape index (κ3) is 4.82. The van der Waals surface area contributed by atoms with E-state index in [9.17, 15) is 13.2 Å². The lowest BCUT2D eigenvalue weighted by Gasteiger charge is -2.30. The zero-order chi connectivity index (χ0) is 20.5. The summed E-state index contributed by atoms with van der Waals surface area (Å²) in [5.74, 6) is -0.408. The number of nitrogens with one attached hydrogen (secondary N) is 1. The number of amides is 1. The minimum atomic E-state index is -3.71. The van der Waals surface area contributed by atoms with Gasteiger partial charge in [0.2, 0.25) is 15.9 Å². The molecular formula is C20H25ClN2O3S. The van der Waals surface area contributed by atoms with Gasteiger partial charge in [0.1, 0.15) is 6.04 Å². The van der Waals surface area contributed by atoms with E-state index in [4.69, 9.17) is 11.6 Å². The molecule has 0 bridgehead atoms. The van der Waals surface area contributed by atoms with Crippen LogP contribution in [0.5, 0.6) is 0 Å². The molecule has 2 rings (SSSR count). The standard InChI is InChI=1S/C20H25ClN2O3S/c1-12-9-14(3)19(15(4)10-12)22-20(24)16(5)23(27(6,25)26)18-11-17(21)8-7-13(18)2/h7-11,16H,1-6H3,(H,22,24)/t16-/m1/s1. The lowest BCUT2D eigenvalue weighted by molar-refractivity contribution is -0.116. The van der Waals surface area contributed by atoms with Crippen molar-refractivity contribution in [1.29, 1.82) is 0 Å². The number of carbonyl (C=O) groups excluding carboxylic acids is 1. The number of benzene rings is 2. The Morgan fingerprint density at radius 2 is 1.59 bits per heavy atom. The van der Waals surface area contributed by atoms with Crippen molar-refractivity contribution in [2.24, 2.45) is 0 Å². The largest absolute Gasteiger partial charge is 0.324 e. The average Bonchev–Trinajstić information content (AvgIpc) is 2.52. The first-order chi connectivity index (χ1) is 12.4. The van der Waals surface area contributed by atoms with Gasteiger partial charge in [-0.1, -0.05) is 35.4 Å². The Morgan fingerprint density at radius 3 is 2.11 bits per heavy atom. The van der Waals surface area contributed by atoms with E-state index < -0.39 is 22.0 Å². The summed E-state index contributed by atoms with van der Waals surface area (Å²) in [5, 5.41) is 3.29. The molecule has 0 heterocycles. The summed E-state index contributed by atoms with van der Waals surface area (Å²) in [4.78, 5) is 12.9. The van der Waals surface area contributed by atoms with Crippen molar-refractivity contribution in [1.82, 2.24) is 0 Å². The van der Waals surface area contributed by atoms with Crippen LogP contribution in [0.2, 0.25) is 5.02 Å². The molecule has 0 aromatic heterocycles. The summed E-state index contributed by atoms with van der Waals surface area (Å²) >= 11 is 6.06. The van der Waals surface area contributed by atoms with Gasteiger partial charge >= 0.3 is 0 Å². The number of aryl methyl sites for hydroxylation is 4. The van der Waals surface area contributed by atoms with E-state index in [0.717, 1.165) is 27.3 Å². The first kappa shape index (κ1) is 21.3. The van der Waals surface area contributed by atoms with Crippen LogP contribution in [-0.2, 0) is 14.8 Å². The first-order valence-corrected chi connectivity index (χ1v) is 10.8. The van der Waals surface area contributed by atoms with Crippen molar-refractivity contribution in [2.45, 2.75) is 40.7 Å². The second-order valence-corrected chi connectivity index (χ2v) is 9.22. The molecule has 7 heteroatoms. The maximum absolute atomic E-state index is 12.9. The predicted octanol–water partition coefficient (Wildman–Crippen LogP) is 4.37. The van der Waals surface area contributed by atoms with Crippen molar-refractivity contribution in [3.63, 3.8) is 0 Å². The molecule has 0 spiro atoms. The lowest BCUT2D eigenvalue weighted by Crippen LogP contribution is -2.45. The summed E-state index contributed by atoms with van der Waals surface area (Å²) in [7, 11) is -3.71. The highest BCUT2D eigenvalue weighted by atomic mass is 35.5. The molecule has 146 valence electrons. The number of carbonyl (C=O) groups is 1. The number of sulfonamides is 1. The van der Waals surface area contributed by atoms with Crippen LogP contribution in [0.1, 0.15) is 29.2 Å². The third-order valence-electron chi connectivity index (χ3n) is 4.42. The predicted molar refractivity (Wildman–Crippen MR) is 112 cm³/mol. The van der Waals surface area contributed by atoms with Crippen LogP contribution in [0.25, 0.3) is 0 Å². The van der Waals surface area contributed by atoms with E-state index in [-0.39, 0.29) is 0 Å². The Labute approximate surface area is 166 Å². The van der Waals surface area contributed by atoms with E-state index in [1.165, 1.54) is 0 Å². The normalized spacial score (nSPS) is 12.6. The van der Waals surface area contributed by atoms with Gasteiger partial charge < -0.3 is 5.32 Å². The molecule has 2 aromatic rings. The molecule has 0 saturated carbocycles. The topological polar surface area (TPSA) is 66.5 Å². The van der Waals surface area contributed by atoms with Crippen LogP contribution in [0.3, 0.4) is 0 Å². The van der Waals surface area contributed by atoms with Gasteiger partial charge in [0.15, 0.2) is 0 Å². The van der Waals surface area contributed by atoms with Crippen molar-refractivity contribution < 1.29 is 13.2 Å². The molecule has 0 unspecified atom stereocenters. The van der Waals surface area contributed by atoms with E-state index in [1.807, 2.05) is 32.9 Å². The van der Waals surface area contributed by atoms with Crippen LogP contribution in [0.4, 0.5) is 11.4 Å². The van der Waals surface area contributed by atoms with Crippen molar-refractivity contribution in [3.8, 4) is 0 Å². The molecule has 2 aromatic carbocycles. The molecule has 5 nitrogen and oxygen atoms in total. The Balaban J connectivity index is 2.43. The fourth-order valence-corrected chi connectivity index (χ4v) is 4.60. The number of anilines is 2. The Hall–Kier alpha value is -2.05. The van der Waals surface area contributed by atoms with E-state index >= 15 is 0 Å². The molecule has 0 radical (unpaired) electrons. The summed E-state index contributed by atoms with van der Waals surface area (Å²) in [6, 6.07) is 7.98. The van der Waals surface area contributed by atoms with Crippen molar-refractivity contribution >= 4 is 38.9 Å². The smallest absolute Gasteiger partial charge is 0.248 e. The zero-order valence-electron chi connectivity index (χ0n) is 16.4. The first-order valence-electron chi connectivity index (χ1n) is 8.56. The van der Waals surface area contributed by atoms with Gasteiger partial charge in [0.05, 0.1) is 11.9 Å². The van der Waals surface area contributed by atoms with Gasteiger partial charge in [-0.25, -0.2) is 8.42 Å². The minimum Gasteiger partial charge on any atom is -0.324 e. The van der Waals surface area contributed by atoms with Gasteiger partial charge in [-0.2, -0.15) is 0 Å². The number of nitrogens with zero attached hydrogens (tertiary/aromatic N) is 1. The fraction of sp³-hybridized carbons (Fsp3) is 0.350. The highest BCUT2D eigenvalue weighted by molar-refractivity contribution is 7.92. The fourth-order valence-electron chi connectivity index (χ4n) is 3.21. The summed E-state index contributed by atoms with van der Waals surface area (Å²) in [6.07, 6.45) is 1.08. The molecule has 27 heavy (non-hydrogen) atoms. The van der Waals surface area contributed by atoms with E-state index in [0.29, 0.717) is 22.0 Å². The molecule has 0 aliphatic rings. The summed E-state index contributed by atoms with van der Waals surface area (Å²) in [6.45, 7) is 9.16. The molecule has 1 amide bonds. The van der Waals surface area contributed by atoms with Gasteiger partial charge in [0, 0.05) is 10.7 Å². The number of rotatable bonds is 5. The third-order valence-corrected chi connectivity index (χ3v) is 5.88. The van der Waals surface area contributed by atoms with Crippen LogP contribution in [0, 0.1) is 27.7 Å². The van der Waals surface area contributed by atoms with Crippen molar-refractivity contribution in [3.05, 3.63) is 57.6 Å². The Bertz CT molecular complexity index is 964. The molecule has 0 aliphatic carbocycles. The number of halogens is 1. The van der Waals surface area contributed by atoms with Crippen LogP contribution < -0.4 is 9.62 Å². The van der Waals surface area contributed by atoms with Gasteiger partial charge in [-0.3, -0.25) is 9.10 Å². The lowest BCUT2D eigenvalue weighted by atomic mass is 10.0. The van der Waals surface area contributed by atoms with E-state index in [2.05, 4.69) is 5.32 Å². The number of hydrogen-bond donors (Lipinski definition) is 1. The molecule has 0 saturated heterocycles. The number of hydrogen-bond acceptors (Lipinski definition) is 3. The summed E-state index contributed by atoms with van der Waals surface area (Å²) < 4.78 is 26.1. The quantitative estimate of drug-likeness (QED) is 0.798. The molecular weight excluding hydrogens is 384 g/mol. The molecule has 0 fully saturated rings. The average molecular weight is 409 g/mol. The Morgan fingerprint density at radius 1 is 1.04 bits per heavy atom. The zero-order valence-corrected chi connectivity index (χ0v) is 18.0. The second-order valence-electron chi connectivity index (χ2n) is 6.93. The molecule has 1 N–H and O–H groups in total. The Kier molecular flexibility index (Phi) is 6.22. The van der Waals surface area contributed by atoms with E-state index in [1.54, 1.807) is 32.0 Å². The highest BCUT2D eigenvalue weighted by Crippen LogP contribution is 2.29. The highest BCUT2D eigenvalue weighted by Gasteiger charge is 2.30. The second kappa shape index (κ2) is 7.90. The SMILES string of the molecule is Cc1cc(C)c(NC(=O)[C@@H](C)N(c2cc(Cl)ccc2C)S(C)(=O)=O)c(C)c1. The monoisotopic (exact) mass is 408 g/mol. The molecule has 1 atom stereocenters. The van der Waals surface area contributed by atoms with Crippen LogP contribution >= 0.6 is 11.6 Å². The minimum absolute atomic E-state index is 0.394. The van der Waals surface area contributed by atoms with Crippen molar-refractivity contribution in [2.75, 3.05) is 15.9 Å².